The van der Waals surface area contributed by atoms with Gasteiger partial charge in [0.15, 0.2) is 5.82 Å². The molecular formula is C22H21FN2O3S. The van der Waals surface area contributed by atoms with E-state index in [-0.39, 0.29) is 5.69 Å². The van der Waals surface area contributed by atoms with Gasteiger partial charge in [0.2, 0.25) is 5.91 Å². The summed E-state index contributed by atoms with van der Waals surface area (Å²) in [5, 5.41) is 14.9. The highest BCUT2D eigenvalue weighted by molar-refractivity contribution is 7.17. The van der Waals surface area contributed by atoms with Crippen LogP contribution in [0.3, 0.4) is 0 Å². The Morgan fingerprint density at radius 1 is 1.07 bits per heavy atom. The van der Waals surface area contributed by atoms with E-state index in [1.165, 1.54) is 17.4 Å². The van der Waals surface area contributed by atoms with Crippen LogP contribution in [-0.2, 0) is 4.79 Å². The molecule has 1 aliphatic heterocycles. The molecule has 0 aliphatic carbocycles. The fourth-order valence-electron chi connectivity index (χ4n) is 3.85. The predicted molar refractivity (Wildman–Crippen MR) is 113 cm³/mol. The van der Waals surface area contributed by atoms with Gasteiger partial charge < -0.3 is 10.4 Å². The maximum atomic E-state index is 15.3. The number of fused-ring (bicyclic) bond motifs is 1. The number of likely N-dealkylation sites (tertiary alicyclic amines) is 1. The molecule has 1 aromatic heterocycles. The van der Waals surface area contributed by atoms with Crippen LogP contribution in [0.2, 0.25) is 0 Å². The summed E-state index contributed by atoms with van der Waals surface area (Å²) in [6.45, 7) is 0.316. The Labute approximate surface area is 171 Å². The van der Waals surface area contributed by atoms with Gasteiger partial charge in [-0.05, 0) is 30.4 Å². The maximum Gasteiger partial charge on any atom is 0.407 e. The van der Waals surface area contributed by atoms with Crippen molar-refractivity contribution in [3.63, 3.8) is 0 Å². The summed E-state index contributed by atoms with van der Waals surface area (Å²) in [6, 6.07) is 11.9. The molecule has 2 N–H and O–H groups in total. The lowest BCUT2D eigenvalue weighted by molar-refractivity contribution is -0.120. The van der Waals surface area contributed by atoms with Crippen LogP contribution in [0.15, 0.2) is 47.8 Å². The molecule has 0 radical (unpaired) electrons. The predicted octanol–water partition coefficient (Wildman–Crippen LogP) is 5.57. The molecule has 3 aromatic rings. The van der Waals surface area contributed by atoms with Gasteiger partial charge in [0, 0.05) is 27.8 Å². The van der Waals surface area contributed by atoms with Crippen LogP contribution in [0.5, 0.6) is 0 Å². The number of thiophene rings is 1. The molecule has 2 heterocycles. The van der Waals surface area contributed by atoms with E-state index in [4.69, 9.17) is 0 Å². The van der Waals surface area contributed by atoms with Crippen molar-refractivity contribution in [2.45, 2.75) is 31.7 Å². The molecule has 29 heavy (non-hydrogen) atoms. The molecule has 4 rings (SSSR count). The van der Waals surface area contributed by atoms with Crippen molar-refractivity contribution in [1.82, 2.24) is 4.90 Å². The summed E-state index contributed by atoms with van der Waals surface area (Å²) in [6.07, 6.45) is 1.69. The SMILES string of the molecule is O=C(Nc1cccc(-c2csc3ccccc23)c1F)C1CCCCCN1C(=O)O. The molecule has 5 nitrogen and oxygen atoms in total. The normalized spacial score (nSPS) is 17.1. The average Bonchev–Trinajstić information content (AvgIpc) is 2.97. The van der Waals surface area contributed by atoms with E-state index in [1.807, 2.05) is 29.6 Å². The number of carboxylic acid groups (broad SMARTS) is 1. The van der Waals surface area contributed by atoms with Crippen LogP contribution < -0.4 is 5.32 Å². The number of carbonyl (C=O) groups excluding carboxylic acids is 1. The van der Waals surface area contributed by atoms with Crippen LogP contribution in [-0.4, -0.2) is 34.6 Å². The van der Waals surface area contributed by atoms with Gasteiger partial charge in [-0.25, -0.2) is 9.18 Å². The van der Waals surface area contributed by atoms with Crippen molar-refractivity contribution < 1.29 is 19.1 Å². The Hall–Kier alpha value is -2.93. The van der Waals surface area contributed by atoms with Crippen molar-refractivity contribution in [3.05, 3.63) is 53.7 Å². The van der Waals surface area contributed by atoms with Gasteiger partial charge in [0.05, 0.1) is 5.69 Å². The van der Waals surface area contributed by atoms with E-state index < -0.39 is 23.9 Å². The van der Waals surface area contributed by atoms with E-state index in [0.29, 0.717) is 18.5 Å². The second kappa shape index (κ2) is 8.21. The molecular weight excluding hydrogens is 391 g/mol. The van der Waals surface area contributed by atoms with Gasteiger partial charge in [-0.1, -0.05) is 43.2 Å². The molecule has 1 saturated heterocycles. The number of amides is 2. The van der Waals surface area contributed by atoms with Crippen LogP contribution in [0.4, 0.5) is 14.9 Å². The monoisotopic (exact) mass is 412 g/mol. The van der Waals surface area contributed by atoms with E-state index in [1.54, 1.807) is 12.1 Å². The topological polar surface area (TPSA) is 69.6 Å². The van der Waals surface area contributed by atoms with Gasteiger partial charge in [-0.2, -0.15) is 0 Å². The highest BCUT2D eigenvalue weighted by atomic mass is 32.1. The summed E-state index contributed by atoms with van der Waals surface area (Å²) >= 11 is 1.54. The Balaban J connectivity index is 1.63. The lowest BCUT2D eigenvalue weighted by Gasteiger charge is -2.26. The highest BCUT2D eigenvalue weighted by Crippen LogP contribution is 2.37. The number of nitrogens with zero attached hydrogens (tertiary/aromatic N) is 1. The molecule has 0 bridgehead atoms. The van der Waals surface area contributed by atoms with Crippen molar-refractivity contribution in [1.29, 1.82) is 0 Å². The Kier molecular flexibility index (Phi) is 5.49. The lowest BCUT2D eigenvalue weighted by atomic mass is 10.0. The van der Waals surface area contributed by atoms with Crippen LogP contribution in [0.1, 0.15) is 25.7 Å². The van der Waals surface area contributed by atoms with Gasteiger partial charge in [0.1, 0.15) is 6.04 Å². The van der Waals surface area contributed by atoms with Gasteiger partial charge in [-0.3, -0.25) is 9.69 Å². The number of benzene rings is 2. The summed E-state index contributed by atoms with van der Waals surface area (Å²) in [4.78, 5) is 25.5. The number of nitrogens with one attached hydrogen (secondary N) is 1. The highest BCUT2D eigenvalue weighted by Gasteiger charge is 2.31. The van der Waals surface area contributed by atoms with Crippen molar-refractivity contribution in [2.24, 2.45) is 0 Å². The zero-order valence-corrected chi connectivity index (χ0v) is 16.5. The molecule has 7 heteroatoms. The largest absolute Gasteiger partial charge is 0.465 e. The van der Waals surface area contributed by atoms with E-state index in [9.17, 15) is 14.7 Å². The van der Waals surface area contributed by atoms with Crippen LogP contribution in [0.25, 0.3) is 21.2 Å². The molecule has 2 amide bonds. The lowest BCUT2D eigenvalue weighted by Crippen LogP contribution is -2.46. The summed E-state index contributed by atoms with van der Waals surface area (Å²) < 4.78 is 16.3. The number of halogens is 1. The quantitative estimate of drug-likeness (QED) is 0.591. The zero-order valence-electron chi connectivity index (χ0n) is 15.7. The van der Waals surface area contributed by atoms with Crippen molar-refractivity contribution in [2.75, 3.05) is 11.9 Å². The summed E-state index contributed by atoms with van der Waals surface area (Å²) in [5.41, 5.74) is 1.26. The molecule has 1 aliphatic rings. The van der Waals surface area contributed by atoms with Gasteiger partial charge in [-0.15, -0.1) is 11.3 Å². The van der Waals surface area contributed by atoms with E-state index in [0.717, 1.165) is 39.8 Å². The molecule has 0 spiro atoms. The second-order valence-electron chi connectivity index (χ2n) is 7.14. The third-order valence-electron chi connectivity index (χ3n) is 5.33. The Morgan fingerprint density at radius 3 is 2.72 bits per heavy atom. The first-order valence-corrected chi connectivity index (χ1v) is 10.5. The number of hydrogen-bond acceptors (Lipinski definition) is 3. The fraction of sp³-hybridized carbons (Fsp3) is 0.273. The van der Waals surface area contributed by atoms with E-state index >= 15 is 4.39 Å². The number of hydrogen-bond donors (Lipinski definition) is 2. The fourth-order valence-corrected chi connectivity index (χ4v) is 4.81. The number of carbonyl (C=O) groups is 2. The molecule has 1 unspecified atom stereocenters. The summed E-state index contributed by atoms with van der Waals surface area (Å²) in [7, 11) is 0. The maximum absolute atomic E-state index is 15.3. The third-order valence-corrected chi connectivity index (χ3v) is 6.29. The molecule has 1 fully saturated rings. The van der Waals surface area contributed by atoms with Crippen LogP contribution in [0, 0.1) is 5.82 Å². The van der Waals surface area contributed by atoms with E-state index in [2.05, 4.69) is 5.32 Å². The minimum atomic E-state index is -1.12. The second-order valence-corrected chi connectivity index (χ2v) is 8.05. The molecule has 150 valence electrons. The van der Waals surface area contributed by atoms with Gasteiger partial charge >= 0.3 is 6.09 Å². The summed E-state index contributed by atoms with van der Waals surface area (Å²) in [5.74, 6) is -1.000. The minimum Gasteiger partial charge on any atom is -0.465 e. The third kappa shape index (κ3) is 3.82. The average molecular weight is 412 g/mol. The smallest absolute Gasteiger partial charge is 0.407 e. The molecule has 1 atom stereocenters. The number of anilines is 1. The molecule has 2 aromatic carbocycles. The van der Waals surface area contributed by atoms with Crippen molar-refractivity contribution >= 4 is 39.1 Å². The van der Waals surface area contributed by atoms with Crippen LogP contribution >= 0.6 is 11.3 Å². The minimum absolute atomic E-state index is 0.0670. The first kappa shape index (κ1) is 19.4. The molecule has 0 saturated carbocycles. The number of rotatable bonds is 3. The van der Waals surface area contributed by atoms with Crippen molar-refractivity contribution in [3.8, 4) is 11.1 Å². The zero-order chi connectivity index (χ0) is 20.4. The first-order valence-electron chi connectivity index (χ1n) is 9.62. The van der Waals surface area contributed by atoms with Gasteiger partial charge in [0.25, 0.3) is 0 Å². The first-order chi connectivity index (χ1) is 14.1. The Morgan fingerprint density at radius 2 is 1.90 bits per heavy atom. The standard InChI is InChI=1S/C22H21FN2O3S/c23-20-15(16-13-29-19-11-4-3-7-14(16)19)8-6-9-17(20)24-21(26)18-10-2-1-5-12-25(18)22(27)28/h3-4,6-9,11,13,18H,1-2,5,10,12H2,(H,24,26)(H,27,28). The Bertz CT molecular complexity index is 1070.